The first-order valence-electron chi connectivity index (χ1n) is 27.1. The van der Waals surface area contributed by atoms with E-state index in [0.717, 1.165) is 31.1 Å². The van der Waals surface area contributed by atoms with Gasteiger partial charge in [0.1, 0.15) is 6.10 Å². The van der Waals surface area contributed by atoms with Crippen LogP contribution < -0.4 is 37.6 Å². The quantitative estimate of drug-likeness (QED) is 0.0199. The highest BCUT2D eigenvalue weighted by Crippen LogP contribution is 2.33. The molecular weight excluding hydrogens is 1050 g/mol. The van der Waals surface area contributed by atoms with Crippen LogP contribution in [0.4, 0.5) is 9.59 Å². The molecule has 24 nitrogen and oxygen atoms in total. The van der Waals surface area contributed by atoms with E-state index in [1.165, 1.54) is 33.3 Å². The Balaban J connectivity index is 1.02. The molecular formula is C54H85N7O17S. The number of unbranched alkanes of at least 4 members (excludes halogenated alkanes) is 1. The highest BCUT2D eigenvalue weighted by molar-refractivity contribution is 8.00. The van der Waals surface area contributed by atoms with Crippen molar-refractivity contribution in [3.8, 4) is 0 Å². The van der Waals surface area contributed by atoms with Crippen molar-refractivity contribution >= 4 is 53.2 Å². The first-order chi connectivity index (χ1) is 38.1. The van der Waals surface area contributed by atoms with Crippen molar-refractivity contribution in [2.45, 2.75) is 107 Å². The number of Topliss-reactive ketones (excluding diaryl/α,β-unsaturated/α-hetero) is 1. The second-order valence-corrected chi connectivity index (χ2v) is 20.6. The average molecular weight is 1140 g/mol. The number of hydrogen-bond acceptors (Lipinski definition) is 19. The Hall–Kier alpha value is -5.22. The number of urea groups is 1. The summed E-state index contributed by atoms with van der Waals surface area (Å²) in [7, 11) is 2.87. The maximum atomic E-state index is 14.0. The number of ether oxygens (including phenoxy) is 9. The number of amides is 6. The smallest absolute Gasteiger partial charge is 0.405 e. The van der Waals surface area contributed by atoms with Gasteiger partial charge in [-0.05, 0) is 44.6 Å². The Bertz CT molecular complexity index is 2120. The van der Waals surface area contributed by atoms with E-state index >= 15 is 0 Å². The fraction of sp³-hybridized carbons (Fsp3) is 0.685. The van der Waals surface area contributed by atoms with Gasteiger partial charge in [-0.25, -0.2) is 9.59 Å². The van der Waals surface area contributed by atoms with E-state index in [-0.39, 0.29) is 111 Å². The lowest BCUT2D eigenvalue weighted by Crippen LogP contribution is -2.38. The van der Waals surface area contributed by atoms with Crippen LogP contribution in [0.5, 0.6) is 0 Å². The first kappa shape index (κ1) is 66.3. The number of rotatable bonds is 33. The zero-order valence-electron chi connectivity index (χ0n) is 46.4. The summed E-state index contributed by atoms with van der Waals surface area (Å²) in [5, 5.41) is 29.0. The third-order valence-corrected chi connectivity index (χ3v) is 14.7. The van der Waals surface area contributed by atoms with Crippen LogP contribution in [-0.4, -0.2) is 207 Å². The van der Waals surface area contributed by atoms with Gasteiger partial charge in [0, 0.05) is 80.8 Å². The molecule has 3 aliphatic heterocycles. The zero-order chi connectivity index (χ0) is 57.4. The van der Waals surface area contributed by atoms with Gasteiger partial charge in [0.25, 0.3) is 5.91 Å². The summed E-state index contributed by atoms with van der Waals surface area (Å²) in [5.41, 5.74) is 5.60. The van der Waals surface area contributed by atoms with E-state index in [1.807, 2.05) is 18.7 Å². The number of nitrogens with one attached hydrogen (secondary N) is 6. The molecule has 0 aromatic heterocycles. The molecule has 0 aromatic carbocycles. The van der Waals surface area contributed by atoms with Crippen molar-refractivity contribution in [2.75, 3.05) is 119 Å². The molecule has 4 rings (SSSR count). The number of aliphatic hydroxyl groups is 1. The molecule has 6 amide bonds. The lowest BCUT2D eigenvalue weighted by atomic mass is 9.85. The number of thioether (sulfide) groups is 1. The number of carbonyl (C=O) groups excluding carboxylic acids is 7. The molecule has 1 aliphatic carbocycles. The maximum Gasteiger partial charge on any atom is 0.405 e. The maximum absolute atomic E-state index is 14.0. The van der Waals surface area contributed by atoms with Crippen LogP contribution in [0, 0.1) is 11.8 Å². The van der Waals surface area contributed by atoms with Crippen LogP contribution in [0.25, 0.3) is 0 Å². The SMILES string of the molecule is CO[C@H]1/C=C\C=C(/C)C(=O)NC2=CC(=O)C(NCCOCCOCCNC(=O)CCOCCOCCOCCOCCNC(=O)CCCC[C@@H]3SC[C@@H]4NC(=O)N[C@@H]43)=C(C[C@@H](C)C[C@H](OC)[C@H](O)[C@@H](C)/C=C/[C@@H]1OC(N)=O)C2=O. The highest BCUT2D eigenvalue weighted by atomic mass is 32.2. The molecule has 9 N–H and O–H groups in total. The fourth-order valence-electron chi connectivity index (χ4n) is 8.87. The van der Waals surface area contributed by atoms with Crippen molar-refractivity contribution < 1.29 is 81.3 Å². The second-order valence-electron chi connectivity index (χ2n) is 19.4. The van der Waals surface area contributed by atoms with Gasteiger partial charge < -0.3 is 85.4 Å². The second kappa shape index (κ2) is 37.7. The van der Waals surface area contributed by atoms with E-state index in [0.29, 0.717) is 77.4 Å². The van der Waals surface area contributed by atoms with Gasteiger partial charge in [-0.2, -0.15) is 11.8 Å². The van der Waals surface area contributed by atoms with Gasteiger partial charge in [0.2, 0.25) is 23.4 Å². The van der Waals surface area contributed by atoms with Gasteiger partial charge in [0.15, 0.2) is 6.10 Å². The standard InChI is InChI=1S/C54H85N7O17S/c1-35-31-38-48(41(62)33-39(51(38)66)59-52(67)37(3)9-8-10-42(70-4)43(78-53(55)68)14-13-36(2)50(65)44(32-35)71-5)58-18-22-75-25-24-73-21-17-57-47(64)15-19-72-23-27-76-29-30-77-28-26-74-20-16-56-46(63)12-7-6-11-45-49-40(34-79-45)60-54(69)61-49/h8-10,13-14,33,35-36,40,42-45,49-50,58,65H,6-7,11-12,15-32,34H2,1-5H3,(H2,55,68)(H,56,63)(H,57,64)(H,59,67)(H2,60,61,69)/b10-8-,14-13+,37-9+/t35-,36+,40+,42+,43+,44+,45+,49+,50-/m1/s1. The topological polar surface area (TPSA) is 321 Å². The van der Waals surface area contributed by atoms with Crippen molar-refractivity contribution in [1.82, 2.24) is 31.9 Å². The summed E-state index contributed by atoms with van der Waals surface area (Å²) in [6.45, 7) is 9.88. The molecule has 2 fully saturated rings. The summed E-state index contributed by atoms with van der Waals surface area (Å²) in [4.78, 5) is 88.4. The van der Waals surface area contributed by atoms with E-state index < -0.39 is 53.9 Å². The van der Waals surface area contributed by atoms with Gasteiger partial charge in [0.05, 0.1) is 115 Å². The Labute approximate surface area is 467 Å². The summed E-state index contributed by atoms with van der Waals surface area (Å²) in [6.07, 6.45) is 8.12. The molecule has 444 valence electrons. The summed E-state index contributed by atoms with van der Waals surface area (Å²) in [5.74, 6) is -1.69. The van der Waals surface area contributed by atoms with Crippen LogP contribution in [0.2, 0.25) is 0 Å². The van der Waals surface area contributed by atoms with Gasteiger partial charge in [-0.3, -0.25) is 24.0 Å². The molecule has 3 heterocycles. The Kier molecular flexibility index (Phi) is 31.6. The van der Waals surface area contributed by atoms with Gasteiger partial charge >= 0.3 is 12.1 Å². The number of carbonyl (C=O) groups is 7. The molecule has 0 saturated carbocycles. The van der Waals surface area contributed by atoms with E-state index in [9.17, 15) is 38.7 Å². The van der Waals surface area contributed by atoms with E-state index in [4.69, 9.17) is 48.4 Å². The van der Waals surface area contributed by atoms with Gasteiger partial charge in [-0.15, -0.1) is 0 Å². The van der Waals surface area contributed by atoms with Crippen LogP contribution >= 0.6 is 11.8 Å². The van der Waals surface area contributed by atoms with Crippen molar-refractivity contribution in [3.63, 3.8) is 0 Å². The minimum atomic E-state index is -1.03. The Morgan fingerprint density at radius 1 is 0.747 bits per heavy atom. The molecule has 0 radical (unpaired) electrons. The Morgan fingerprint density at radius 3 is 1.97 bits per heavy atom. The van der Waals surface area contributed by atoms with Crippen molar-refractivity contribution in [3.05, 3.63) is 59.0 Å². The first-order valence-corrected chi connectivity index (χ1v) is 28.2. The number of methoxy groups -OCH3 is 2. The lowest BCUT2D eigenvalue weighted by Gasteiger charge is -2.29. The molecule has 0 spiro atoms. The summed E-state index contributed by atoms with van der Waals surface area (Å²) in [6, 6.07) is 0.329. The van der Waals surface area contributed by atoms with Crippen LogP contribution in [0.15, 0.2) is 59.0 Å². The third kappa shape index (κ3) is 25.0. The van der Waals surface area contributed by atoms with E-state index in [1.54, 1.807) is 25.2 Å². The largest absolute Gasteiger partial charge is 0.439 e. The summed E-state index contributed by atoms with van der Waals surface area (Å²) >= 11 is 1.88. The Morgan fingerprint density at radius 2 is 1.35 bits per heavy atom. The number of aliphatic hydroxyl groups excluding tert-OH is 1. The minimum absolute atomic E-state index is 0.00842. The van der Waals surface area contributed by atoms with Crippen LogP contribution in [0.1, 0.15) is 65.7 Å². The highest BCUT2D eigenvalue weighted by Gasteiger charge is 2.42. The molecule has 9 atom stereocenters. The fourth-order valence-corrected chi connectivity index (χ4v) is 10.4. The minimum Gasteiger partial charge on any atom is -0.439 e. The van der Waals surface area contributed by atoms with Crippen LogP contribution in [-0.2, 0) is 66.6 Å². The van der Waals surface area contributed by atoms with Crippen molar-refractivity contribution in [2.24, 2.45) is 17.6 Å². The predicted octanol–water partition coefficient (Wildman–Crippen LogP) is 1.41. The number of nitrogens with two attached hydrogens (primary N) is 1. The van der Waals surface area contributed by atoms with Crippen molar-refractivity contribution in [1.29, 1.82) is 0 Å². The number of primary amides is 1. The zero-order valence-corrected chi connectivity index (χ0v) is 47.2. The number of allylic oxidation sites excluding steroid dienone is 4. The molecule has 2 bridgehead atoms. The number of hydrogen-bond donors (Lipinski definition) is 8. The van der Waals surface area contributed by atoms with Gasteiger partial charge in [-0.1, -0.05) is 44.6 Å². The number of fused-ring (bicyclic) bond motifs is 3. The third-order valence-electron chi connectivity index (χ3n) is 13.2. The molecule has 25 heteroatoms. The van der Waals surface area contributed by atoms with E-state index in [2.05, 4.69) is 31.9 Å². The molecule has 2 saturated heterocycles. The number of ketones is 2. The lowest BCUT2D eigenvalue weighted by molar-refractivity contribution is -0.123. The monoisotopic (exact) mass is 1140 g/mol. The molecule has 0 unspecified atom stereocenters. The predicted molar refractivity (Wildman–Crippen MR) is 292 cm³/mol. The average Bonchev–Trinajstić information content (AvgIpc) is 4.09. The summed E-state index contributed by atoms with van der Waals surface area (Å²) < 4.78 is 49.8. The molecule has 0 aromatic rings. The molecule has 4 aliphatic rings. The van der Waals surface area contributed by atoms with Crippen LogP contribution in [0.3, 0.4) is 0 Å². The molecule has 79 heavy (non-hydrogen) atoms. The normalized spacial score (nSPS) is 26.2.